The Morgan fingerprint density at radius 1 is 1.53 bits per heavy atom. The van der Waals surface area contributed by atoms with Crippen LogP contribution in [0.2, 0.25) is 0 Å². The van der Waals surface area contributed by atoms with E-state index in [1.165, 1.54) is 10.6 Å². The molecule has 1 unspecified atom stereocenters. The molecule has 1 atom stereocenters. The molecule has 0 saturated carbocycles. The topological polar surface area (TPSA) is 77.1 Å². The van der Waals surface area contributed by atoms with E-state index in [4.69, 9.17) is 5.73 Å². The fourth-order valence-corrected chi connectivity index (χ4v) is 1.59. The van der Waals surface area contributed by atoms with E-state index >= 15 is 0 Å². The Balaban J connectivity index is 2.56. The molecule has 17 heavy (non-hydrogen) atoms. The van der Waals surface area contributed by atoms with Crippen LogP contribution in [0.15, 0.2) is 23.1 Å². The van der Waals surface area contributed by atoms with Gasteiger partial charge >= 0.3 is 0 Å². The van der Waals surface area contributed by atoms with Gasteiger partial charge in [-0.05, 0) is 12.5 Å². The fraction of sp³-hybridized carbons (Fsp3) is 0.500. The number of nitrogens with one attached hydrogen (secondary N) is 1. The van der Waals surface area contributed by atoms with E-state index < -0.39 is 0 Å². The average Bonchev–Trinajstić information content (AvgIpc) is 2.23. The number of nitrogens with two attached hydrogens (primary N) is 1. The van der Waals surface area contributed by atoms with Crippen molar-refractivity contribution in [2.24, 2.45) is 12.8 Å². The number of nitrogens with zero attached hydrogens (tertiary/aromatic N) is 1. The highest BCUT2D eigenvalue weighted by Gasteiger charge is 2.09. The van der Waals surface area contributed by atoms with Crippen LogP contribution in [0.1, 0.15) is 26.2 Å². The summed E-state index contributed by atoms with van der Waals surface area (Å²) in [5.74, 6) is -0.121. The molecule has 1 heterocycles. The van der Waals surface area contributed by atoms with Gasteiger partial charge < -0.3 is 15.6 Å². The predicted octanol–water partition coefficient (Wildman–Crippen LogP) is 0.841. The zero-order valence-corrected chi connectivity index (χ0v) is 10.3. The van der Waals surface area contributed by atoms with Crippen molar-refractivity contribution >= 4 is 11.6 Å². The maximum Gasteiger partial charge on any atom is 0.250 e. The lowest BCUT2D eigenvalue weighted by Gasteiger charge is -2.10. The first-order valence-electron chi connectivity index (χ1n) is 5.75. The maximum atomic E-state index is 11.6. The van der Waals surface area contributed by atoms with Gasteiger partial charge in [-0.1, -0.05) is 13.3 Å². The predicted molar refractivity (Wildman–Crippen MR) is 67.8 cm³/mol. The Kier molecular flexibility index (Phi) is 4.90. The Morgan fingerprint density at radius 2 is 2.24 bits per heavy atom. The van der Waals surface area contributed by atoms with Crippen LogP contribution in [0.3, 0.4) is 0 Å². The summed E-state index contributed by atoms with van der Waals surface area (Å²) in [6.45, 7) is 2.03. The van der Waals surface area contributed by atoms with Gasteiger partial charge in [0.2, 0.25) is 11.5 Å². The number of amides is 1. The molecule has 0 saturated heterocycles. The molecule has 0 aromatic carbocycles. The van der Waals surface area contributed by atoms with Crippen LogP contribution < -0.4 is 16.6 Å². The zero-order valence-electron chi connectivity index (χ0n) is 10.3. The van der Waals surface area contributed by atoms with Crippen molar-refractivity contribution in [3.63, 3.8) is 0 Å². The highest BCUT2D eigenvalue weighted by molar-refractivity contribution is 5.90. The van der Waals surface area contributed by atoms with Gasteiger partial charge in [0.25, 0.3) is 0 Å². The van der Waals surface area contributed by atoms with E-state index in [0.717, 1.165) is 12.8 Å². The molecule has 0 aliphatic heterocycles. The third-order valence-corrected chi connectivity index (χ3v) is 2.48. The first-order valence-corrected chi connectivity index (χ1v) is 5.75. The third kappa shape index (κ3) is 4.40. The summed E-state index contributed by atoms with van der Waals surface area (Å²) >= 11 is 0. The largest absolute Gasteiger partial charge is 0.327 e. The Bertz CT molecular complexity index is 440. The Morgan fingerprint density at radius 3 is 2.82 bits per heavy atom. The molecule has 0 bridgehead atoms. The SMILES string of the molecule is CCCC(N)CC(=O)Nc1ccc(=O)n(C)c1. The first kappa shape index (κ1) is 13.4. The summed E-state index contributed by atoms with van der Waals surface area (Å²) < 4.78 is 1.42. The second-order valence-electron chi connectivity index (χ2n) is 4.17. The number of aryl methyl sites for hydroxylation is 1. The number of rotatable bonds is 5. The number of pyridine rings is 1. The molecule has 0 fully saturated rings. The number of carbonyl (C=O) groups excluding carboxylic acids is 1. The van der Waals surface area contributed by atoms with E-state index in [1.54, 1.807) is 19.3 Å². The van der Waals surface area contributed by atoms with E-state index in [9.17, 15) is 9.59 Å². The molecule has 3 N–H and O–H groups in total. The van der Waals surface area contributed by atoms with Crippen molar-refractivity contribution in [3.05, 3.63) is 28.7 Å². The summed E-state index contributed by atoms with van der Waals surface area (Å²) in [6.07, 6.45) is 3.69. The summed E-state index contributed by atoms with van der Waals surface area (Å²) in [5, 5.41) is 2.72. The number of hydrogen-bond donors (Lipinski definition) is 2. The minimum absolute atomic E-state index is 0.104. The third-order valence-electron chi connectivity index (χ3n) is 2.48. The van der Waals surface area contributed by atoms with Crippen LogP contribution in [0, 0.1) is 0 Å². The minimum atomic E-state index is -0.121. The van der Waals surface area contributed by atoms with Crippen LogP contribution >= 0.6 is 0 Å². The van der Waals surface area contributed by atoms with Crippen molar-refractivity contribution in [2.75, 3.05) is 5.32 Å². The summed E-state index contributed by atoms with van der Waals surface area (Å²) in [7, 11) is 1.64. The van der Waals surface area contributed by atoms with Gasteiger partial charge in [0.05, 0.1) is 5.69 Å². The van der Waals surface area contributed by atoms with Gasteiger partial charge in [-0.2, -0.15) is 0 Å². The smallest absolute Gasteiger partial charge is 0.250 e. The van der Waals surface area contributed by atoms with Crippen LogP contribution in [-0.2, 0) is 11.8 Å². The molecule has 1 aromatic rings. The molecule has 5 nitrogen and oxygen atoms in total. The van der Waals surface area contributed by atoms with Gasteiger partial charge in [0, 0.05) is 31.8 Å². The molecule has 5 heteroatoms. The Labute approximate surface area is 101 Å². The summed E-state index contributed by atoms with van der Waals surface area (Å²) in [5.41, 5.74) is 6.28. The van der Waals surface area contributed by atoms with Gasteiger partial charge in [-0.25, -0.2) is 0 Å². The van der Waals surface area contributed by atoms with E-state index in [0.29, 0.717) is 12.1 Å². The molecule has 1 amide bonds. The molecule has 0 radical (unpaired) electrons. The second-order valence-corrected chi connectivity index (χ2v) is 4.17. The van der Waals surface area contributed by atoms with Crippen molar-refractivity contribution < 1.29 is 4.79 Å². The van der Waals surface area contributed by atoms with E-state index in [1.807, 2.05) is 6.92 Å². The number of carbonyl (C=O) groups is 1. The van der Waals surface area contributed by atoms with E-state index in [2.05, 4.69) is 5.32 Å². The minimum Gasteiger partial charge on any atom is -0.327 e. The molecule has 1 rings (SSSR count). The molecule has 0 aliphatic carbocycles. The quantitative estimate of drug-likeness (QED) is 0.796. The first-order chi connectivity index (χ1) is 8.02. The monoisotopic (exact) mass is 237 g/mol. The normalized spacial score (nSPS) is 12.2. The molecule has 0 spiro atoms. The molecule has 1 aromatic heterocycles. The van der Waals surface area contributed by atoms with Crippen LogP contribution in [0.4, 0.5) is 5.69 Å². The molecule has 94 valence electrons. The van der Waals surface area contributed by atoms with Crippen LogP contribution in [0.5, 0.6) is 0 Å². The van der Waals surface area contributed by atoms with Crippen molar-refractivity contribution in [1.29, 1.82) is 0 Å². The van der Waals surface area contributed by atoms with Gasteiger partial charge in [-0.3, -0.25) is 9.59 Å². The van der Waals surface area contributed by atoms with Crippen LogP contribution in [-0.4, -0.2) is 16.5 Å². The second kappa shape index (κ2) is 6.20. The lowest BCUT2D eigenvalue weighted by Crippen LogP contribution is -2.27. The molecule has 0 aliphatic rings. The van der Waals surface area contributed by atoms with Crippen LogP contribution in [0.25, 0.3) is 0 Å². The highest BCUT2D eigenvalue weighted by atomic mass is 16.1. The van der Waals surface area contributed by atoms with Gasteiger partial charge in [0.1, 0.15) is 0 Å². The van der Waals surface area contributed by atoms with Crippen molar-refractivity contribution in [3.8, 4) is 0 Å². The summed E-state index contributed by atoms with van der Waals surface area (Å²) in [6, 6.07) is 2.90. The molecular weight excluding hydrogens is 218 g/mol. The van der Waals surface area contributed by atoms with E-state index in [-0.39, 0.29) is 17.5 Å². The van der Waals surface area contributed by atoms with Crippen molar-refractivity contribution in [1.82, 2.24) is 4.57 Å². The fourth-order valence-electron chi connectivity index (χ4n) is 1.59. The average molecular weight is 237 g/mol. The highest BCUT2D eigenvalue weighted by Crippen LogP contribution is 2.05. The number of hydrogen-bond acceptors (Lipinski definition) is 3. The Hall–Kier alpha value is -1.62. The number of aromatic nitrogens is 1. The maximum absolute atomic E-state index is 11.6. The standard InChI is InChI=1S/C12H19N3O2/c1-3-4-9(13)7-11(16)14-10-5-6-12(17)15(2)8-10/h5-6,8-9H,3-4,7,13H2,1-2H3,(H,14,16). The molecular formula is C12H19N3O2. The van der Waals surface area contributed by atoms with Crippen molar-refractivity contribution in [2.45, 2.75) is 32.2 Å². The van der Waals surface area contributed by atoms with Gasteiger partial charge in [-0.15, -0.1) is 0 Å². The lowest BCUT2D eigenvalue weighted by atomic mass is 10.1. The zero-order chi connectivity index (χ0) is 12.8. The van der Waals surface area contributed by atoms with Gasteiger partial charge in [0.15, 0.2) is 0 Å². The summed E-state index contributed by atoms with van der Waals surface area (Å²) in [4.78, 5) is 22.8. The lowest BCUT2D eigenvalue weighted by molar-refractivity contribution is -0.116. The number of anilines is 1.